The molecule has 2 aromatic rings. The summed E-state index contributed by atoms with van der Waals surface area (Å²) in [5.41, 5.74) is -0.0786. The van der Waals surface area contributed by atoms with Crippen LogP contribution in [-0.4, -0.2) is 72.2 Å². The average Bonchev–Trinajstić information content (AvgIpc) is 3.16. The fourth-order valence-corrected chi connectivity index (χ4v) is 3.86. The number of piperidine rings is 1. The highest BCUT2D eigenvalue weighted by molar-refractivity contribution is 6.03. The van der Waals surface area contributed by atoms with Crippen molar-refractivity contribution in [2.45, 2.75) is 52.4 Å². The van der Waals surface area contributed by atoms with Gasteiger partial charge in [-0.3, -0.25) is 9.48 Å². The number of halogens is 2. The number of alkyl halides is 2. The smallest absolute Gasteiger partial charge is 0.410 e. The van der Waals surface area contributed by atoms with Gasteiger partial charge in [-0.2, -0.15) is 13.9 Å². The summed E-state index contributed by atoms with van der Waals surface area (Å²) in [6, 6.07) is 3.04. The predicted octanol–water partition coefficient (Wildman–Crippen LogP) is 3.66. The second kappa shape index (κ2) is 11.0. The lowest BCUT2D eigenvalue weighted by molar-refractivity contribution is -0.0491. The predicted molar refractivity (Wildman–Crippen MR) is 121 cm³/mol. The summed E-state index contributed by atoms with van der Waals surface area (Å²) in [4.78, 5) is 26.5. The summed E-state index contributed by atoms with van der Waals surface area (Å²) in [5.74, 6) is -0.477. The Balaban J connectivity index is 1.71. The molecule has 1 saturated heterocycles. The van der Waals surface area contributed by atoms with Gasteiger partial charge in [0, 0.05) is 39.5 Å². The van der Waals surface area contributed by atoms with Gasteiger partial charge in [-0.15, -0.1) is 0 Å². The van der Waals surface area contributed by atoms with Crippen LogP contribution in [0.2, 0.25) is 0 Å². The van der Waals surface area contributed by atoms with Crippen molar-refractivity contribution in [3.05, 3.63) is 23.9 Å². The average molecular weight is 483 g/mol. The number of nitrogens with one attached hydrogen (secondary N) is 1. The first-order chi connectivity index (χ1) is 16.1. The minimum atomic E-state index is -3.09. The standard InChI is InChI=1S/C23H32F2N4O5/c1-23(2,3)34-22(31)28-10-7-15(8-11-28)13-29-14-17-18(27-29)6-5-16(19(17)33-21(24)25)20(30)26-9-12-32-4/h5-6,14-15,21H,7-13H2,1-4H3,(H,26,30). The van der Waals surface area contributed by atoms with Gasteiger partial charge in [0.1, 0.15) is 11.4 Å². The van der Waals surface area contributed by atoms with E-state index in [1.807, 2.05) is 20.8 Å². The molecule has 1 N–H and O–H groups in total. The van der Waals surface area contributed by atoms with Gasteiger partial charge in [-0.25, -0.2) is 4.79 Å². The van der Waals surface area contributed by atoms with E-state index < -0.39 is 18.1 Å². The summed E-state index contributed by atoms with van der Waals surface area (Å²) >= 11 is 0. The maximum Gasteiger partial charge on any atom is 0.410 e. The quantitative estimate of drug-likeness (QED) is 0.577. The number of carbonyl (C=O) groups excluding carboxylic acids is 2. The summed E-state index contributed by atoms with van der Waals surface area (Å²) in [6.45, 7) is 4.66. The molecule has 2 heterocycles. The molecule has 1 aliphatic rings. The Labute approximate surface area is 197 Å². The van der Waals surface area contributed by atoms with E-state index in [1.54, 1.807) is 21.8 Å². The van der Waals surface area contributed by atoms with Crippen molar-refractivity contribution >= 4 is 22.9 Å². The molecule has 0 aliphatic carbocycles. The minimum absolute atomic E-state index is 0.00845. The molecule has 1 aliphatic heterocycles. The van der Waals surface area contributed by atoms with E-state index in [0.29, 0.717) is 37.1 Å². The first-order valence-electron chi connectivity index (χ1n) is 11.3. The van der Waals surface area contributed by atoms with Crippen molar-refractivity contribution in [2.75, 3.05) is 33.4 Å². The van der Waals surface area contributed by atoms with Gasteiger partial charge < -0.3 is 24.4 Å². The monoisotopic (exact) mass is 482 g/mol. The van der Waals surface area contributed by atoms with Gasteiger partial charge >= 0.3 is 12.7 Å². The fraction of sp³-hybridized carbons (Fsp3) is 0.609. The molecule has 0 radical (unpaired) electrons. The summed E-state index contributed by atoms with van der Waals surface area (Å²) in [5, 5.41) is 7.45. The first-order valence-corrected chi connectivity index (χ1v) is 11.3. The van der Waals surface area contributed by atoms with Gasteiger partial charge in [0.25, 0.3) is 5.91 Å². The molecule has 188 valence electrons. The van der Waals surface area contributed by atoms with Gasteiger partial charge in [0.15, 0.2) is 0 Å². The summed E-state index contributed by atoms with van der Waals surface area (Å²) in [6.07, 6.45) is 2.84. The summed E-state index contributed by atoms with van der Waals surface area (Å²) < 4.78 is 43.0. The van der Waals surface area contributed by atoms with Crippen molar-refractivity contribution in [3.63, 3.8) is 0 Å². The second-order valence-corrected chi connectivity index (χ2v) is 9.26. The highest BCUT2D eigenvalue weighted by Gasteiger charge is 2.27. The Morgan fingerprint density at radius 3 is 2.56 bits per heavy atom. The van der Waals surface area contributed by atoms with Gasteiger partial charge in [-0.1, -0.05) is 0 Å². The van der Waals surface area contributed by atoms with Crippen molar-refractivity contribution in [1.82, 2.24) is 20.0 Å². The molecule has 1 fully saturated rings. The lowest BCUT2D eigenvalue weighted by atomic mass is 9.97. The topological polar surface area (TPSA) is 94.9 Å². The number of nitrogens with zero attached hydrogens (tertiary/aromatic N) is 3. The Hall–Kier alpha value is -2.95. The largest absolute Gasteiger partial charge is 0.444 e. The van der Waals surface area contributed by atoms with Crippen LogP contribution in [0.15, 0.2) is 18.3 Å². The lowest BCUT2D eigenvalue weighted by Gasteiger charge is -2.33. The highest BCUT2D eigenvalue weighted by atomic mass is 19.3. The van der Waals surface area contributed by atoms with Crippen molar-refractivity contribution in [2.24, 2.45) is 5.92 Å². The molecule has 1 aromatic carbocycles. The number of ether oxygens (including phenoxy) is 3. The molecule has 3 rings (SSSR count). The maximum atomic E-state index is 13.1. The maximum absolute atomic E-state index is 13.1. The van der Waals surface area contributed by atoms with Crippen LogP contribution in [0.3, 0.4) is 0 Å². The number of carbonyl (C=O) groups is 2. The van der Waals surface area contributed by atoms with Crippen LogP contribution in [0.1, 0.15) is 44.0 Å². The molecule has 1 aromatic heterocycles. The number of hydrogen-bond donors (Lipinski definition) is 1. The highest BCUT2D eigenvalue weighted by Crippen LogP contribution is 2.32. The van der Waals surface area contributed by atoms with Crippen molar-refractivity contribution in [1.29, 1.82) is 0 Å². The molecule has 0 atom stereocenters. The Kier molecular flexibility index (Phi) is 8.29. The fourth-order valence-electron chi connectivity index (χ4n) is 3.86. The van der Waals surface area contributed by atoms with E-state index in [2.05, 4.69) is 10.4 Å². The zero-order chi connectivity index (χ0) is 24.9. The zero-order valence-electron chi connectivity index (χ0n) is 20.0. The van der Waals surface area contributed by atoms with Crippen LogP contribution in [-0.2, 0) is 16.0 Å². The minimum Gasteiger partial charge on any atom is -0.444 e. The third-order valence-corrected chi connectivity index (χ3v) is 5.44. The Morgan fingerprint density at radius 2 is 1.94 bits per heavy atom. The van der Waals surface area contributed by atoms with E-state index >= 15 is 0 Å². The number of rotatable bonds is 8. The van der Waals surface area contributed by atoms with Gasteiger partial charge in [0.2, 0.25) is 0 Å². The van der Waals surface area contributed by atoms with E-state index in [1.165, 1.54) is 13.2 Å². The number of aromatic nitrogens is 2. The number of hydrogen-bond acceptors (Lipinski definition) is 6. The SMILES string of the molecule is COCCNC(=O)c1ccc2nn(CC3CCN(C(=O)OC(C)(C)C)CC3)cc2c1OC(F)F. The molecule has 0 unspecified atom stereocenters. The van der Waals surface area contributed by atoms with Crippen LogP contribution in [0.25, 0.3) is 10.9 Å². The van der Waals surface area contributed by atoms with Crippen molar-refractivity contribution < 1.29 is 32.6 Å². The van der Waals surface area contributed by atoms with Gasteiger partial charge in [0.05, 0.1) is 23.1 Å². The van der Waals surface area contributed by atoms with E-state index in [4.69, 9.17) is 14.2 Å². The molecule has 2 amide bonds. The van der Waals surface area contributed by atoms with E-state index in [-0.39, 0.29) is 29.9 Å². The molecule has 9 nitrogen and oxygen atoms in total. The summed E-state index contributed by atoms with van der Waals surface area (Å²) in [7, 11) is 1.50. The number of likely N-dealkylation sites (tertiary alicyclic amines) is 1. The zero-order valence-corrected chi connectivity index (χ0v) is 20.0. The molecule has 34 heavy (non-hydrogen) atoms. The Bertz CT molecular complexity index is 997. The van der Waals surface area contributed by atoms with Crippen LogP contribution in [0.5, 0.6) is 5.75 Å². The number of fused-ring (bicyclic) bond motifs is 1. The van der Waals surface area contributed by atoms with E-state index in [0.717, 1.165) is 12.8 Å². The molecular formula is C23H32F2N4O5. The Morgan fingerprint density at radius 1 is 1.24 bits per heavy atom. The molecule has 0 spiro atoms. The van der Waals surface area contributed by atoms with Crippen LogP contribution in [0.4, 0.5) is 13.6 Å². The molecule has 0 bridgehead atoms. The second-order valence-electron chi connectivity index (χ2n) is 9.26. The number of benzene rings is 1. The third-order valence-electron chi connectivity index (χ3n) is 5.44. The number of methoxy groups -OCH3 is 1. The van der Waals surface area contributed by atoms with Gasteiger partial charge in [-0.05, 0) is 51.7 Å². The van der Waals surface area contributed by atoms with Crippen LogP contribution in [0, 0.1) is 5.92 Å². The van der Waals surface area contributed by atoms with Crippen LogP contribution < -0.4 is 10.1 Å². The lowest BCUT2D eigenvalue weighted by Crippen LogP contribution is -2.42. The molecule has 11 heteroatoms. The van der Waals surface area contributed by atoms with Crippen LogP contribution >= 0.6 is 0 Å². The normalized spacial score (nSPS) is 15.1. The number of amides is 2. The first kappa shape index (κ1) is 25.7. The third kappa shape index (κ3) is 6.78. The molecular weight excluding hydrogens is 450 g/mol. The van der Waals surface area contributed by atoms with Crippen molar-refractivity contribution in [3.8, 4) is 5.75 Å². The molecule has 0 saturated carbocycles. The van der Waals surface area contributed by atoms with E-state index in [9.17, 15) is 18.4 Å².